The van der Waals surface area contributed by atoms with E-state index in [9.17, 15) is 9.59 Å². The fourth-order valence-corrected chi connectivity index (χ4v) is 1.96. The van der Waals surface area contributed by atoms with Crippen LogP contribution in [0.15, 0.2) is 24.3 Å². The summed E-state index contributed by atoms with van der Waals surface area (Å²) in [7, 11) is 0. The molecular weight excluding hydrogens is 258 g/mol. The van der Waals surface area contributed by atoms with Crippen LogP contribution in [0.4, 0.5) is 5.69 Å². The average Bonchev–Trinajstić information content (AvgIpc) is 2.46. The van der Waals surface area contributed by atoms with Crippen molar-refractivity contribution in [2.45, 2.75) is 26.0 Å². The van der Waals surface area contributed by atoms with E-state index in [1.54, 1.807) is 13.0 Å². The van der Waals surface area contributed by atoms with Crippen molar-refractivity contribution in [1.82, 2.24) is 10.6 Å². The molecule has 108 valence electrons. The lowest BCUT2D eigenvalue weighted by Crippen LogP contribution is -2.51. The lowest BCUT2D eigenvalue weighted by molar-refractivity contribution is -0.132. The summed E-state index contributed by atoms with van der Waals surface area (Å²) in [6, 6.07) is 6.85. The number of carbonyl (C=O) groups excluding carboxylic acids is 2. The van der Waals surface area contributed by atoms with Gasteiger partial charge >= 0.3 is 0 Å². The lowest BCUT2D eigenvalue weighted by atomic mass is 10.2. The number of amides is 2. The van der Waals surface area contributed by atoms with E-state index < -0.39 is 12.1 Å². The largest absolute Gasteiger partial charge is 0.477 e. The zero-order valence-electron chi connectivity index (χ0n) is 11.6. The normalized spacial score (nSPS) is 18.0. The van der Waals surface area contributed by atoms with Crippen LogP contribution in [0, 0.1) is 0 Å². The van der Waals surface area contributed by atoms with Gasteiger partial charge in [-0.05, 0) is 26.0 Å². The molecule has 0 saturated heterocycles. The summed E-state index contributed by atoms with van der Waals surface area (Å²) in [4.78, 5) is 23.6. The molecule has 0 aromatic heterocycles. The van der Waals surface area contributed by atoms with E-state index in [4.69, 9.17) is 4.74 Å². The van der Waals surface area contributed by atoms with Crippen LogP contribution in [0.2, 0.25) is 0 Å². The Labute approximate surface area is 117 Å². The van der Waals surface area contributed by atoms with E-state index in [-0.39, 0.29) is 11.8 Å². The van der Waals surface area contributed by atoms with Crippen LogP contribution in [0.5, 0.6) is 5.75 Å². The standard InChI is InChI=1S/C14H19N3O3/c1-3-15-13(18)9(2)17-14(19)12-8-16-10-6-4-5-7-11(10)20-12/h4-7,9,12,16H,3,8H2,1-2H3,(H,15,18)(H,17,19). The van der Waals surface area contributed by atoms with Crippen molar-refractivity contribution >= 4 is 17.5 Å². The highest BCUT2D eigenvalue weighted by atomic mass is 16.5. The van der Waals surface area contributed by atoms with E-state index in [2.05, 4.69) is 16.0 Å². The molecule has 1 aromatic rings. The molecule has 2 unspecified atom stereocenters. The van der Waals surface area contributed by atoms with Gasteiger partial charge in [0.2, 0.25) is 5.91 Å². The summed E-state index contributed by atoms with van der Waals surface area (Å²) in [6.45, 7) is 4.39. The summed E-state index contributed by atoms with van der Waals surface area (Å²) in [5.41, 5.74) is 0.869. The SMILES string of the molecule is CCNC(=O)C(C)NC(=O)C1CNc2ccccc2O1. The quantitative estimate of drug-likeness (QED) is 0.749. The molecule has 6 heteroatoms. The second-order valence-corrected chi connectivity index (χ2v) is 4.61. The first-order valence-electron chi connectivity index (χ1n) is 6.69. The first-order valence-corrected chi connectivity index (χ1v) is 6.69. The third-order valence-electron chi connectivity index (χ3n) is 3.03. The van der Waals surface area contributed by atoms with E-state index in [1.165, 1.54) is 0 Å². The van der Waals surface area contributed by atoms with Crippen LogP contribution >= 0.6 is 0 Å². The number of nitrogens with one attached hydrogen (secondary N) is 3. The van der Waals surface area contributed by atoms with Crippen LogP contribution in [0.25, 0.3) is 0 Å². The first-order chi connectivity index (χ1) is 9.61. The van der Waals surface area contributed by atoms with Crippen LogP contribution < -0.4 is 20.7 Å². The molecule has 3 N–H and O–H groups in total. The number of rotatable bonds is 4. The molecular formula is C14H19N3O3. The number of ether oxygens (including phenoxy) is 1. The molecule has 2 atom stereocenters. The van der Waals surface area contributed by atoms with Crippen molar-refractivity contribution in [3.8, 4) is 5.75 Å². The Balaban J connectivity index is 1.93. The number of carbonyl (C=O) groups is 2. The third-order valence-corrected chi connectivity index (χ3v) is 3.03. The third kappa shape index (κ3) is 3.20. The molecule has 20 heavy (non-hydrogen) atoms. The smallest absolute Gasteiger partial charge is 0.263 e. The van der Waals surface area contributed by atoms with E-state index >= 15 is 0 Å². The zero-order valence-corrected chi connectivity index (χ0v) is 11.6. The van der Waals surface area contributed by atoms with Gasteiger partial charge < -0.3 is 20.7 Å². The van der Waals surface area contributed by atoms with Gasteiger partial charge in [-0.2, -0.15) is 0 Å². The summed E-state index contributed by atoms with van der Waals surface area (Å²) in [6.07, 6.45) is -0.637. The average molecular weight is 277 g/mol. The highest BCUT2D eigenvalue weighted by molar-refractivity contribution is 5.89. The maximum Gasteiger partial charge on any atom is 0.263 e. The predicted molar refractivity (Wildman–Crippen MR) is 75.6 cm³/mol. The number of para-hydroxylation sites is 2. The van der Waals surface area contributed by atoms with Gasteiger partial charge in [0, 0.05) is 6.54 Å². The molecule has 0 bridgehead atoms. The Morgan fingerprint density at radius 1 is 1.45 bits per heavy atom. The second-order valence-electron chi connectivity index (χ2n) is 4.61. The highest BCUT2D eigenvalue weighted by Crippen LogP contribution is 2.28. The van der Waals surface area contributed by atoms with Crippen LogP contribution in [0.3, 0.4) is 0 Å². The fourth-order valence-electron chi connectivity index (χ4n) is 1.96. The minimum absolute atomic E-state index is 0.204. The van der Waals surface area contributed by atoms with Gasteiger partial charge in [0.15, 0.2) is 6.10 Å². The molecule has 1 aromatic carbocycles. The molecule has 1 aliphatic heterocycles. The van der Waals surface area contributed by atoms with Crippen molar-refractivity contribution in [3.63, 3.8) is 0 Å². The molecule has 0 spiro atoms. The number of fused-ring (bicyclic) bond motifs is 1. The van der Waals surface area contributed by atoms with Crippen LogP contribution in [-0.4, -0.2) is 37.0 Å². The Hall–Kier alpha value is -2.24. The summed E-state index contributed by atoms with van der Waals surface area (Å²) < 4.78 is 5.63. The van der Waals surface area contributed by atoms with Crippen LogP contribution in [0.1, 0.15) is 13.8 Å². The topological polar surface area (TPSA) is 79.5 Å². The summed E-state index contributed by atoms with van der Waals surface area (Å²) >= 11 is 0. The lowest BCUT2D eigenvalue weighted by Gasteiger charge is -2.27. The molecule has 0 aliphatic carbocycles. The minimum atomic E-state index is -0.637. The minimum Gasteiger partial charge on any atom is -0.477 e. The number of anilines is 1. The van der Waals surface area contributed by atoms with Gasteiger partial charge in [0.1, 0.15) is 11.8 Å². The van der Waals surface area contributed by atoms with Crippen molar-refractivity contribution in [3.05, 3.63) is 24.3 Å². The van der Waals surface area contributed by atoms with Gasteiger partial charge in [-0.1, -0.05) is 12.1 Å². The number of likely N-dealkylation sites (N-methyl/N-ethyl adjacent to an activating group) is 1. The number of hydrogen-bond acceptors (Lipinski definition) is 4. The summed E-state index contributed by atoms with van der Waals surface area (Å²) in [5.74, 6) is 0.139. The maximum atomic E-state index is 12.1. The highest BCUT2D eigenvalue weighted by Gasteiger charge is 2.27. The van der Waals surface area contributed by atoms with Crippen LogP contribution in [-0.2, 0) is 9.59 Å². The van der Waals surface area contributed by atoms with Crippen molar-refractivity contribution in [2.24, 2.45) is 0 Å². The van der Waals surface area contributed by atoms with Crippen molar-refractivity contribution < 1.29 is 14.3 Å². The Kier molecular flexibility index (Phi) is 4.45. The zero-order chi connectivity index (χ0) is 14.5. The molecule has 1 aliphatic rings. The first kappa shape index (κ1) is 14.2. The fraction of sp³-hybridized carbons (Fsp3) is 0.429. The molecule has 0 fully saturated rings. The van der Waals surface area contributed by atoms with E-state index in [0.717, 1.165) is 5.69 Å². The Morgan fingerprint density at radius 2 is 2.20 bits per heavy atom. The number of hydrogen-bond donors (Lipinski definition) is 3. The van der Waals surface area contributed by atoms with Gasteiger partial charge in [-0.3, -0.25) is 9.59 Å². The molecule has 6 nitrogen and oxygen atoms in total. The van der Waals surface area contributed by atoms with Gasteiger partial charge in [0.05, 0.1) is 12.2 Å². The van der Waals surface area contributed by atoms with Crippen molar-refractivity contribution in [2.75, 3.05) is 18.4 Å². The van der Waals surface area contributed by atoms with Gasteiger partial charge in [0.25, 0.3) is 5.91 Å². The molecule has 2 amide bonds. The second kappa shape index (κ2) is 6.27. The molecule has 0 saturated carbocycles. The number of benzene rings is 1. The van der Waals surface area contributed by atoms with Gasteiger partial charge in [-0.25, -0.2) is 0 Å². The van der Waals surface area contributed by atoms with Gasteiger partial charge in [-0.15, -0.1) is 0 Å². The van der Waals surface area contributed by atoms with E-state index in [0.29, 0.717) is 18.8 Å². The Bertz CT molecular complexity index is 504. The molecule has 2 rings (SSSR count). The Morgan fingerprint density at radius 3 is 2.95 bits per heavy atom. The summed E-state index contributed by atoms with van der Waals surface area (Å²) in [5, 5.41) is 8.44. The maximum absolute atomic E-state index is 12.1. The monoisotopic (exact) mass is 277 g/mol. The molecule has 1 heterocycles. The van der Waals surface area contributed by atoms with Crippen molar-refractivity contribution in [1.29, 1.82) is 0 Å². The molecule has 0 radical (unpaired) electrons. The predicted octanol–water partition coefficient (Wildman–Crippen LogP) is 0.500. The van der Waals surface area contributed by atoms with E-state index in [1.807, 2.05) is 25.1 Å².